The van der Waals surface area contributed by atoms with E-state index in [-0.39, 0.29) is 0 Å². The van der Waals surface area contributed by atoms with Crippen LogP contribution in [0.3, 0.4) is 0 Å². The molecule has 0 saturated heterocycles. The van der Waals surface area contributed by atoms with E-state index >= 15 is 0 Å². The quantitative estimate of drug-likeness (QED) is 0.793. The Hall–Kier alpha value is -0.0800. The summed E-state index contributed by atoms with van der Waals surface area (Å²) in [6.45, 7) is 8.02. The molecule has 2 fully saturated rings. The van der Waals surface area contributed by atoms with E-state index in [0.29, 0.717) is 16.9 Å². The molecule has 2 rings (SSSR count). The van der Waals surface area contributed by atoms with Gasteiger partial charge in [0.2, 0.25) is 0 Å². The van der Waals surface area contributed by atoms with Crippen LogP contribution < -0.4 is 11.1 Å². The molecule has 2 heteroatoms. The van der Waals surface area contributed by atoms with Crippen LogP contribution in [0, 0.1) is 10.8 Å². The number of nitrogens with two attached hydrogens (primary N) is 1. The fourth-order valence-corrected chi connectivity index (χ4v) is 4.33. The summed E-state index contributed by atoms with van der Waals surface area (Å²) >= 11 is 0. The van der Waals surface area contributed by atoms with Gasteiger partial charge < -0.3 is 11.1 Å². The predicted molar refractivity (Wildman–Crippen MR) is 74.0 cm³/mol. The largest absolute Gasteiger partial charge is 0.330 e. The summed E-state index contributed by atoms with van der Waals surface area (Å²) in [7, 11) is 0. The van der Waals surface area contributed by atoms with Crippen LogP contribution in [-0.4, -0.2) is 18.6 Å². The topological polar surface area (TPSA) is 38.0 Å². The summed E-state index contributed by atoms with van der Waals surface area (Å²) in [5.41, 5.74) is 6.79. The molecule has 0 radical (unpaired) electrons. The van der Waals surface area contributed by atoms with Crippen molar-refractivity contribution >= 4 is 0 Å². The van der Waals surface area contributed by atoms with Crippen molar-refractivity contribution in [2.24, 2.45) is 16.6 Å². The zero-order valence-electron chi connectivity index (χ0n) is 11.9. The smallest absolute Gasteiger partial charge is 0.00804 e. The van der Waals surface area contributed by atoms with E-state index in [1.807, 2.05) is 0 Å². The molecule has 2 unspecified atom stereocenters. The van der Waals surface area contributed by atoms with Crippen LogP contribution in [0.15, 0.2) is 0 Å². The molecule has 2 atom stereocenters. The molecular weight excluding hydrogens is 208 g/mol. The molecule has 0 bridgehead atoms. The molecule has 100 valence electrons. The average Bonchev–Trinajstić information content (AvgIpc) is 2.67. The van der Waals surface area contributed by atoms with E-state index in [1.165, 1.54) is 44.9 Å². The van der Waals surface area contributed by atoms with Gasteiger partial charge in [-0.2, -0.15) is 0 Å². The van der Waals surface area contributed by atoms with Crippen LogP contribution in [0.1, 0.15) is 65.7 Å². The van der Waals surface area contributed by atoms with Gasteiger partial charge in [0.1, 0.15) is 0 Å². The molecule has 0 aromatic heterocycles. The Morgan fingerprint density at radius 1 is 1.06 bits per heavy atom. The van der Waals surface area contributed by atoms with Crippen molar-refractivity contribution in [2.45, 2.75) is 77.8 Å². The predicted octanol–water partition coefficient (Wildman–Crippen LogP) is 3.06. The third-order valence-electron chi connectivity index (χ3n) is 4.76. The van der Waals surface area contributed by atoms with Gasteiger partial charge in [0.15, 0.2) is 0 Å². The normalized spacial score (nSPS) is 38.5. The summed E-state index contributed by atoms with van der Waals surface area (Å²) in [5, 5.41) is 3.91. The van der Waals surface area contributed by atoms with Gasteiger partial charge in [0.05, 0.1) is 0 Å². The van der Waals surface area contributed by atoms with Crippen molar-refractivity contribution in [2.75, 3.05) is 6.54 Å². The van der Waals surface area contributed by atoms with Crippen LogP contribution in [-0.2, 0) is 0 Å². The second-order valence-corrected chi connectivity index (χ2v) is 7.61. The Morgan fingerprint density at radius 3 is 2.29 bits per heavy atom. The van der Waals surface area contributed by atoms with Gasteiger partial charge in [0, 0.05) is 12.1 Å². The molecule has 3 N–H and O–H groups in total. The van der Waals surface area contributed by atoms with E-state index < -0.39 is 0 Å². The highest BCUT2D eigenvalue weighted by Crippen LogP contribution is 2.45. The summed E-state index contributed by atoms with van der Waals surface area (Å²) in [6.07, 6.45) is 9.47. The van der Waals surface area contributed by atoms with Gasteiger partial charge in [-0.1, -0.05) is 33.6 Å². The number of nitrogens with one attached hydrogen (secondary N) is 1. The standard InChI is InChI=1S/C15H30N2/c1-14(2)8-13(9-15(3,10-14)11-16)17-12-6-4-5-7-12/h12-13,17H,4-11,16H2,1-3H3. The maximum atomic E-state index is 6.00. The van der Waals surface area contributed by atoms with Crippen molar-refractivity contribution < 1.29 is 0 Å². The van der Waals surface area contributed by atoms with E-state index in [0.717, 1.165) is 12.6 Å². The lowest BCUT2D eigenvalue weighted by molar-refractivity contribution is 0.0729. The third kappa shape index (κ3) is 3.45. The van der Waals surface area contributed by atoms with Gasteiger partial charge in [-0.3, -0.25) is 0 Å². The minimum absolute atomic E-state index is 0.345. The first-order valence-corrected chi connectivity index (χ1v) is 7.39. The first kappa shape index (κ1) is 13.4. The van der Waals surface area contributed by atoms with Crippen LogP contribution in [0.4, 0.5) is 0 Å². The molecule has 2 saturated carbocycles. The highest BCUT2D eigenvalue weighted by molar-refractivity contribution is 4.96. The Labute approximate surface area is 107 Å². The molecule has 0 spiro atoms. The minimum atomic E-state index is 0.345. The van der Waals surface area contributed by atoms with E-state index in [1.54, 1.807) is 0 Å². The van der Waals surface area contributed by atoms with Gasteiger partial charge >= 0.3 is 0 Å². The van der Waals surface area contributed by atoms with Crippen LogP contribution in [0.2, 0.25) is 0 Å². The molecule has 2 aliphatic carbocycles. The van der Waals surface area contributed by atoms with Gasteiger partial charge in [-0.05, 0) is 49.5 Å². The van der Waals surface area contributed by atoms with Gasteiger partial charge in [-0.15, -0.1) is 0 Å². The highest BCUT2D eigenvalue weighted by Gasteiger charge is 2.40. The molecule has 17 heavy (non-hydrogen) atoms. The fourth-order valence-electron chi connectivity index (χ4n) is 4.33. The van der Waals surface area contributed by atoms with Crippen molar-refractivity contribution in [3.05, 3.63) is 0 Å². The molecule has 0 aliphatic heterocycles. The molecule has 0 amide bonds. The summed E-state index contributed by atoms with van der Waals surface area (Å²) < 4.78 is 0. The molecule has 0 aromatic rings. The maximum absolute atomic E-state index is 6.00. The van der Waals surface area contributed by atoms with E-state index in [2.05, 4.69) is 26.1 Å². The average molecular weight is 238 g/mol. The molecule has 0 aromatic carbocycles. The first-order chi connectivity index (χ1) is 7.92. The second-order valence-electron chi connectivity index (χ2n) is 7.61. The third-order valence-corrected chi connectivity index (χ3v) is 4.76. The highest BCUT2D eigenvalue weighted by atomic mass is 15.0. The Bertz CT molecular complexity index is 256. The van der Waals surface area contributed by atoms with Crippen molar-refractivity contribution in [1.82, 2.24) is 5.32 Å². The van der Waals surface area contributed by atoms with E-state index in [4.69, 9.17) is 5.73 Å². The lowest BCUT2D eigenvalue weighted by Gasteiger charge is -2.47. The van der Waals surface area contributed by atoms with Crippen molar-refractivity contribution in [3.63, 3.8) is 0 Å². The molecule has 0 heterocycles. The second kappa shape index (κ2) is 4.89. The number of hydrogen-bond acceptors (Lipinski definition) is 2. The SMILES string of the molecule is CC1(C)CC(NC2CCCC2)CC(C)(CN)C1. The maximum Gasteiger partial charge on any atom is 0.00804 e. The van der Waals surface area contributed by atoms with Crippen LogP contribution in [0.5, 0.6) is 0 Å². The minimum Gasteiger partial charge on any atom is -0.330 e. The summed E-state index contributed by atoms with van der Waals surface area (Å²) in [4.78, 5) is 0. The summed E-state index contributed by atoms with van der Waals surface area (Å²) in [5.74, 6) is 0. The van der Waals surface area contributed by atoms with Crippen LogP contribution >= 0.6 is 0 Å². The Balaban J connectivity index is 1.96. The van der Waals surface area contributed by atoms with Crippen molar-refractivity contribution in [3.8, 4) is 0 Å². The number of hydrogen-bond donors (Lipinski definition) is 2. The molecule has 2 aliphatic rings. The van der Waals surface area contributed by atoms with Crippen molar-refractivity contribution in [1.29, 1.82) is 0 Å². The lowest BCUT2D eigenvalue weighted by atomic mass is 9.62. The monoisotopic (exact) mass is 238 g/mol. The zero-order valence-corrected chi connectivity index (χ0v) is 11.9. The van der Waals surface area contributed by atoms with E-state index in [9.17, 15) is 0 Å². The Morgan fingerprint density at radius 2 is 1.71 bits per heavy atom. The zero-order chi connectivity index (χ0) is 12.5. The molecular formula is C15H30N2. The fraction of sp³-hybridized carbons (Fsp3) is 1.00. The first-order valence-electron chi connectivity index (χ1n) is 7.39. The summed E-state index contributed by atoms with van der Waals surface area (Å²) in [6, 6.07) is 1.48. The van der Waals surface area contributed by atoms with Gasteiger partial charge in [-0.25, -0.2) is 0 Å². The Kier molecular flexibility index (Phi) is 3.84. The van der Waals surface area contributed by atoms with Crippen LogP contribution in [0.25, 0.3) is 0 Å². The molecule has 2 nitrogen and oxygen atoms in total. The number of rotatable bonds is 3. The lowest BCUT2D eigenvalue weighted by Crippen LogP contribution is -2.49. The van der Waals surface area contributed by atoms with Gasteiger partial charge in [0.25, 0.3) is 0 Å².